The SMILES string of the molecule is CC1OCCC1CNC1CCN(CCc2ccccc2)C1. The molecule has 0 aromatic heterocycles. The molecule has 3 heteroatoms. The number of rotatable bonds is 6. The van der Waals surface area contributed by atoms with Crippen molar-refractivity contribution in [1.82, 2.24) is 10.2 Å². The first kappa shape index (κ1) is 15.0. The van der Waals surface area contributed by atoms with E-state index in [1.165, 1.54) is 44.5 Å². The lowest BCUT2D eigenvalue weighted by Crippen LogP contribution is -2.37. The molecule has 116 valence electrons. The number of likely N-dealkylation sites (tertiary alicyclic amines) is 1. The summed E-state index contributed by atoms with van der Waals surface area (Å²) in [6, 6.07) is 11.5. The second-order valence-electron chi connectivity index (χ2n) is 6.55. The highest BCUT2D eigenvalue weighted by atomic mass is 16.5. The van der Waals surface area contributed by atoms with E-state index in [0.29, 0.717) is 18.1 Å². The molecule has 1 N–H and O–H groups in total. The van der Waals surface area contributed by atoms with Crippen LogP contribution in [0.15, 0.2) is 30.3 Å². The van der Waals surface area contributed by atoms with Gasteiger partial charge in [-0.2, -0.15) is 0 Å². The number of nitrogens with zero attached hydrogens (tertiary/aromatic N) is 1. The van der Waals surface area contributed by atoms with Gasteiger partial charge in [0.1, 0.15) is 0 Å². The summed E-state index contributed by atoms with van der Waals surface area (Å²) in [6.07, 6.45) is 4.12. The van der Waals surface area contributed by atoms with Crippen molar-refractivity contribution in [2.75, 3.05) is 32.8 Å². The van der Waals surface area contributed by atoms with Crippen LogP contribution in [-0.2, 0) is 11.2 Å². The number of hydrogen-bond donors (Lipinski definition) is 1. The fourth-order valence-electron chi connectivity index (χ4n) is 3.50. The van der Waals surface area contributed by atoms with Gasteiger partial charge in [0.15, 0.2) is 0 Å². The van der Waals surface area contributed by atoms with Crippen molar-refractivity contribution in [2.45, 2.75) is 38.3 Å². The molecule has 1 aromatic carbocycles. The second-order valence-corrected chi connectivity index (χ2v) is 6.55. The zero-order valence-electron chi connectivity index (χ0n) is 13.1. The van der Waals surface area contributed by atoms with Crippen molar-refractivity contribution in [3.63, 3.8) is 0 Å². The largest absolute Gasteiger partial charge is 0.378 e. The van der Waals surface area contributed by atoms with Gasteiger partial charge in [-0.05, 0) is 44.2 Å². The molecule has 21 heavy (non-hydrogen) atoms. The number of benzene rings is 1. The zero-order valence-corrected chi connectivity index (χ0v) is 13.1. The molecular formula is C18H28N2O. The molecule has 2 aliphatic heterocycles. The van der Waals surface area contributed by atoms with Crippen molar-refractivity contribution >= 4 is 0 Å². The minimum absolute atomic E-state index is 0.438. The fourth-order valence-corrected chi connectivity index (χ4v) is 3.50. The summed E-state index contributed by atoms with van der Waals surface area (Å²) in [5.74, 6) is 0.711. The predicted octanol–water partition coefficient (Wildman–Crippen LogP) is 2.32. The maximum Gasteiger partial charge on any atom is 0.0588 e. The Hall–Kier alpha value is -0.900. The smallest absolute Gasteiger partial charge is 0.0588 e. The highest BCUT2D eigenvalue weighted by Crippen LogP contribution is 2.20. The van der Waals surface area contributed by atoms with E-state index in [-0.39, 0.29) is 0 Å². The first-order valence-corrected chi connectivity index (χ1v) is 8.42. The lowest BCUT2D eigenvalue weighted by molar-refractivity contribution is 0.105. The Morgan fingerprint density at radius 1 is 1.24 bits per heavy atom. The number of nitrogens with one attached hydrogen (secondary N) is 1. The van der Waals surface area contributed by atoms with Crippen molar-refractivity contribution in [2.24, 2.45) is 5.92 Å². The molecule has 3 nitrogen and oxygen atoms in total. The van der Waals surface area contributed by atoms with Gasteiger partial charge < -0.3 is 15.0 Å². The number of ether oxygens (including phenoxy) is 1. The van der Waals surface area contributed by atoms with Crippen LogP contribution in [0.5, 0.6) is 0 Å². The Kier molecular flexibility index (Phi) is 5.28. The van der Waals surface area contributed by atoms with E-state index in [4.69, 9.17) is 4.74 Å². The first-order chi connectivity index (χ1) is 10.3. The van der Waals surface area contributed by atoms with E-state index < -0.39 is 0 Å². The van der Waals surface area contributed by atoms with Gasteiger partial charge in [0.2, 0.25) is 0 Å². The first-order valence-electron chi connectivity index (χ1n) is 8.42. The Morgan fingerprint density at radius 3 is 2.86 bits per heavy atom. The highest BCUT2D eigenvalue weighted by molar-refractivity contribution is 5.14. The summed E-state index contributed by atoms with van der Waals surface area (Å²) in [5.41, 5.74) is 1.45. The molecular weight excluding hydrogens is 260 g/mol. The van der Waals surface area contributed by atoms with Gasteiger partial charge >= 0.3 is 0 Å². The molecule has 0 saturated carbocycles. The third kappa shape index (κ3) is 4.29. The summed E-state index contributed by atoms with van der Waals surface area (Å²) < 4.78 is 5.64. The molecule has 3 rings (SSSR count). The lowest BCUT2D eigenvalue weighted by Gasteiger charge is -2.19. The Bertz CT molecular complexity index is 422. The van der Waals surface area contributed by atoms with E-state index in [1.807, 2.05) is 0 Å². The minimum Gasteiger partial charge on any atom is -0.378 e. The van der Waals surface area contributed by atoms with E-state index in [9.17, 15) is 0 Å². The van der Waals surface area contributed by atoms with E-state index in [0.717, 1.165) is 13.2 Å². The van der Waals surface area contributed by atoms with Gasteiger partial charge in [0, 0.05) is 32.3 Å². The summed E-state index contributed by atoms with van der Waals surface area (Å²) in [5, 5.41) is 3.76. The van der Waals surface area contributed by atoms with Crippen LogP contribution in [0.1, 0.15) is 25.3 Å². The monoisotopic (exact) mass is 288 g/mol. The average molecular weight is 288 g/mol. The van der Waals surface area contributed by atoms with Crippen LogP contribution in [0.3, 0.4) is 0 Å². The van der Waals surface area contributed by atoms with Crippen LogP contribution in [0, 0.1) is 5.92 Å². The van der Waals surface area contributed by atoms with Crippen LogP contribution in [0.2, 0.25) is 0 Å². The lowest BCUT2D eigenvalue weighted by atomic mass is 10.0. The van der Waals surface area contributed by atoms with Crippen molar-refractivity contribution in [3.8, 4) is 0 Å². The summed E-state index contributed by atoms with van der Waals surface area (Å²) in [7, 11) is 0. The highest BCUT2D eigenvalue weighted by Gasteiger charge is 2.27. The van der Waals surface area contributed by atoms with Crippen LogP contribution >= 0.6 is 0 Å². The van der Waals surface area contributed by atoms with Crippen LogP contribution in [0.25, 0.3) is 0 Å². The number of hydrogen-bond acceptors (Lipinski definition) is 3. The maximum atomic E-state index is 5.64. The topological polar surface area (TPSA) is 24.5 Å². The molecule has 2 aliphatic rings. The van der Waals surface area contributed by atoms with Crippen molar-refractivity contribution in [1.29, 1.82) is 0 Å². The van der Waals surface area contributed by atoms with Gasteiger partial charge in [-0.25, -0.2) is 0 Å². The molecule has 0 radical (unpaired) electrons. The molecule has 2 heterocycles. The molecule has 2 fully saturated rings. The van der Waals surface area contributed by atoms with Crippen LogP contribution in [-0.4, -0.2) is 49.8 Å². The van der Waals surface area contributed by atoms with E-state index in [1.54, 1.807) is 0 Å². The summed E-state index contributed by atoms with van der Waals surface area (Å²) >= 11 is 0. The summed E-state index contributed by atoms with van der Waals surface area (Å²) in [6.45, 7) is 7.90. The minimum atomic E-state index is 0.438. The van der Waals surface area contributed by atoms with Crippen molar-refractivity contribution < 1.29 is 4.74 Å². The van der Waals surface area contributed by atoms with Crippen LogP contribution < -0.4 is 5.32 Å². The standard InChI is InChI=1S/C18H28N2O/c1-15-17(9-12-21-15)13-19-18-8-11-20(14-18)10-7-16-5-3-2-4-6-16/h2-6,15,17-19H,7-14H2,1H3. The van der Waals surface area contributed by atoms with Gasteiger partial charge in [-0.15, -0.1) is 0 Å². The van der Waals surface area contributed by atoms with Gasteiger partial charge in [0.25, 0.3) is 0 Å². The third-order valence-electron chi connectivity index (χ3n) is 5.03. The quantitative estimate of drug-likeness (QED) is 0.869. The van der Waals surface area contributed by atoms with Gasteiger partial charge in [0.05, 0.1) is 6.10 Å². The Balaban J connectivity index is 1.35. The van der Waals surface area contributed by atoms with Crippen molar-refractivity contribution in [3.05, 3.63) is 35.9 Å². The van der Waals surface area contributed by atoms with Crippen LogP contribution in [0.4, 0.5) is 0 Å². The van der Waals surface area contributed by atoms with E-state index in [2.05, 4.69) is 47.5 Å². The van der Waals surface area contributed by atoms with Gasteiger partial charge in [-0.3, -0.25) is 0 Å². The molecule has 3 atom stereocenters. The average Bonchev–Trinajstić information content (AvgIpc) is 3.13. The summed E-state index contributed by atoms with van der Waals surface area (Å²) in [4.78, 5) is 2.60. The maximum absolute atomic E-state index is 5.64. The molecule has 0 amide bonds. The molecule has 0 bridgehead atoms. The molecule has 3 unspecified atom stereocenters. The molecule has 2 saturated heterocycles. The Labute approximate surface area is 128 Å². The molecule has 0 spiro atoms. The zero-order chi connectivity index (χ0) is 14.5. The molecule has 0 aliphatic carbocycles. The predicted molar refractivity (Wildman–Crippen MR) is 86.5 cm³/mol. The van der Waals surface area contributed by atoms with E-state index >= 15 is 0 Å². The fraction of sp³-hybridized carbons (Fsp3) is 0.667. The Morgan fingerprint density at radius 2 is 2.10 bits per heavy atom. The normalized spacial score (nSPS) is 30.0. The second kappa shape index (κ2) is 7.39. The third-order valence-corrected chi connectivity index (χ3v) is 5.03. The van der Waals surface area contributed by atoms with Gasteiger partial charge in [-0.1, -0.05) is 30.3 Å². The molecule has 1 aromatic rings.